The smallest absolute Gasteiger partial charge is 0.0868 e. The topological polar surface area (TPSA) is 27.0 Å². The van der Waals surface area contributed by atoms with Crippen LogP contribution in [0, 0.1) is 17.2 Å². The highest BCUT2D eigenvalue weighted by atomic mass is 15.2. The molecule has 0 N–H and O–H groups in total. The molecule has 13 heavy (non-hydrogen) atoms. The first kappa shape index (κ1) is 9.02. The Morgan fingerprint density at radius 3 is 2.69 bits per heavy atom. The summed E-state index contributed by atoms with van der Waals surface area (Å²) in [6, 6.07) is 3.03. The summed E-state index contributed by atoms with van der Waals surface area (Å²) in [5.74, 6) is 0.925. The SMILES string of the molecule is N#CCN1CC2CCCCCCC21. The van der Waals surface area contributed by atoms with Gasteiger partial charge in [0.05, 0.1) is 12.6 Å². The van der Waals surface area contributed by atoms with E-state index in [0.29, 0.717) is 6.54 Å². The van der Waals surface area contributed by atoms with Crippen molar-refractivity contribution in [2.24, 2.45) is 5.92 Å². The molecule has 2 aliphatic rings. The minimum atomic E-state index is 0.654. The van der Waals surface area contributed by atoms with Gasteiger partial charge in [-0.1, -0.05) is 25.7 Å². The molecule has 2 heteroatoms. The maximum absolute atomic E-state index is 8.63. The molecule has 0 radical (unpaired) electrons. The molecule has 0 aromatic rings. The predicted octanol–water partition coefficient (Wildman–Crippen LogP) is 2.16. The van der Waals surface area contributed by atoms with Gasteiger partial charge in [-0.3, -0.25) is 4.90 Å². The Bertz CT molecular complexity index is 207. The second-order valence-corrected chi connectivity index (χ2v) is 4.41. The van der Waals surface area contributed by atoms with Crippen LogP contribution in [0.25, 0.3) is 0 Å². The molecule has 2 rings (SSSR count). The highest BCUT2D eigenvalue weighted by Crippen LogP contribution is 2.34. The Morgan fingerprint density at radius 2 is 1.92 bits per heavy atom. The van der Waals surface area contributed by atoms with Crippen LogP contribution in [0.3, 0.4) is 0 Å². The van der Waals surface area contributed by atoms with Gasteiger partial charge in [0.15, 0.2) is 0 Å². The van der Waals surface area contributed by atoms with Gasteiger partial charge >= 0.3 is 0 Å². The van der Waals surface area contributed by atoms with Crippen LogP contribution in [0.15, 0.2) is 0 Å². The quantitative estimate of drug-likeness (QED) is 0.575. The molecule has 0 amide bonds. The van der Waals surface area contributed by atoms with Gasteiger partial charge in [-0.15, -0.1) is 0 Å². The molecule has 2 atom stereocenters. The number of fused-ring (bicyclic) bond motifs is 1. The molecule has 0 bridgehead atoms. The third-order valence-electron chi connectivity index (χ3n) is 3.58. The summed E-state index contributed by atoms with van der Waals surface area (Å²) in [4.78, 5) is 2.36. The van der Waals surface area contributed by atoms with Gasteiger partial charge in [-0.05, 0) is 18.8 Å². The average Bonchev–Trinajstić information content (AvgIpc) is 2.09. The normalized spacial score (nSPS) is 35.0. The van der Waals surface area contributed by atoms with Crippen molar-refractivity contribution in [3.05, 3.63) is 0 Å². The van der Waals surface area contributed by atoms with E-state index in [-0.39, 0.29) is 0 Å². The number of hydrogen-bond acceptors (Lipinski definition) is 2. The van der Waals surface area contributed by atoms with Gasteiger partial charge in [0, 0.05) is 12.6 Å². The molecule has 2 fully saturated rings. The Hall–Kier alpha value is -0.550. The maximum atomic E-state index is 8.63. The largest absolute Gasteiger partial charge is 0.287 e. The van der Waals surface area contributed by atoms with E-state index >= 15 is 0 Å². The summed E-state index contributed by atoms with van der Waals surface area (Å²) in [5, 5.41) is 8.63. The minimum absolute atomic E-state index is 0.654. The molecule has 1 heterocycles. The minimum Gasteiger partial charge on any atom is -0.287 e. The van der Waals surface area contributed by atoms with E-state index in [9.17, 15) is 0 Å². The van der Waals surface area contributed by atoms with E-state index in [0.717, 1.165) is 12.0 Å². The van der Waals surface area contributed by atoms with Crippen molar-refractivity contribution in [2.75, 3.05) is 13.1 Å². The lowest BCUT2D eigenvalue weighted by atomic mass is 9.79. The zero-order valence-corrected chi connectivity index (χ0v) is 8.21. The van der Waals surface area contributed by atoms with Crippen LogP contribution in [-0.4, -0.2) is 24.0 Å². The number of rotatable bonds is 1. The monoisotopic (exact) mass is 178 g/mol. The van der Waals surface area contributed by atoms with Crippen LogP contribution in [0.5, 0.6) is 0 Å². The van der Waals surface area contributed by atoms with Crippen LogP contribution in [0.2, 0.25) is 0 Å². The average molecular weight is 178 g/mol. The van der Waals surface area contributed by atoms with E-state index < -0.39 is 0 Å². The Morgan fingerprint density at radius 1 is 1.15 bits per heavy atom. The van der Waals surface area contributed by atoms with Crippen molar-refractivity contribution >= 4 is 0 Å². The Labute approximate surface area is 80.5 Å². The van der Waals surface area contributed by atoms with Crippen LogP contribution in [0.4, 0.5) is 0 Å². The third-order valence-corrected chi connectivity index (χ3v) is 3.58. The van der Waals surface area contributed by atoms with Crippen molar-refractivity contribution in [2.45, 2.75) is 44.6 Å². The van der Waals surface area contributed by atoms with Gasteiger partial charge in [-0.25, -0.2) is 0 Å². The number of likely N-dealkylation sites (tertiary alicyclic amines) is 1. The van der Waals surface area contributed by atoms with Gasteiger partial charge < -0.3 is 0 Å². The molecule has 1 saturated heterocycles. The van der Waals surface area contributed by atoms with Crippen molar-refractivity contribution in [3.63, 3.8) is 0 Å². The summed E-state index contributed by atoms with van der Waals surface area (Å²) < 4.78 is 0. The van der Waals surface area contributed by atoms with Crippen molar-refractivity contribution in [3.8, 4) is 6.07 Å². The number of nitriles is 1. The lowest BCUT2D eigenvalue weighted by molar-refractivity contribution is 0.00944. The van der Waals surface area contributed by atoms with Crippen LogP contribution >= 0.6 is 0 Å². The van der Waals surface area contributed by atoms with E-state index in [1.807, 2.05) is 0 Å². The zero-order valence-electron chi connectivity index (χ0n) is 8.21. The van der Waals surface area contributed by atoms with Crippen LogP contribution in [0.1, 0.15) is 38.5 Å². The Balaban J connectivity index is 1.86. The molecule has 1 aliphatic carbocycles. The Kier molecular flexibility index (Phi) is 2.85. The molecular formula is C11H18N2. The summed E-state index contributed by atoms with van der Waals surface area (Å²) in [7, 11) is 0. The van der Waals surface area contributed by atoms with Crippen LogP contribution in [-0.2, 0) is 0 Å². The van der Waals surface area contributed by atoms with Gasteiger partial charge in [0.1, 0.15) is 0 Å². The number of nitrogens with zero attached hydrogens (tertiary/aromatic N) is 2. The first-order valence-corrected chi connectivity index (χ1v) is 5.53. The van der Waals surface area contributed by atoms with Crippen molar-refractivity contribution in [1.29, 1.82) is 5.26 Å². The molecule has 1 aliphatic heterocycles. The predicted molar refractivity (Wildman–Crippen MR) is 52.2 cm³/mol. The molecule has 0 spiro atoms. The third kappa shape index (κ3) is 1.86. The second-order valence-electron chi connectivity index (χ2n) is 4.41. The summed E-state index contributed by atoms with van der Waals surface area (Å²) in [6.45, 7) is 1.85. The van der Waals surface area contributed by atoms with Crippen LogP contribution < -0.4 is 0 Å². The summed E-state index contributed by atoms with van der Waals surface area (Å²) in [6.07, 6.45) is 8.38. The van der Waals surface area contributed by atoms with E-state index in [2.05, 4.69) is 11.0 Å². The van der Waals surface area contributed by atoms with Gasteiger partial charge in [0.25, 0.3) is 0 Å². The van der Waals surface area contributed by atoms with E-state index in [1.54, 1.807) is 0 Å². The molecule has 1 saturated carbocycles. The molecular weight excluding hydrogens is 160 g/mol. The first-order chi connectivity index (χ1) is 6.42. The standard InChI is InChI=1S/C11H18N2/c12-7-8-13-9-10-5-3-1-2-4-6-11(10)13/h10-11H,1-6,8-9H2. The van der Waals surface area contributed by atoms with Crippen molar-refractivity contribution < 1.29 is 0 Å². The van der Waals surface area contributed by atoms with E-state index in [4.69, 9.17) is 5.26 Å². The van der Waals surface area contributed by atoms with E-state index in [1.165, 1.54) is 45.1 Å². The lowest BCUT2D eigenvalue weighted by Gasteiger charge is -2.48. The number of hydrogen-bond donors (Lipinski definition) is 0. The van der Waals surface area contributed by atoms with Crippen molar-refractivity contribution in [1.82, 2.24) is 4.90 Å². The zero-order chi connectivity index (χ0) is 9.10. The molecule has 0 aromatic heterocycles. The first-order valence-electron chi connectivity index (χ1n) is 5.53. The highest BCUT2D eigenvalue weighted by Gasteiger charge is 2.37. The maximum Gasteiger partial charge on any atom is 0.0868 e. The fourth-order valence-electron chi connectivity index (χ4n) is 2.81. The molecule has 2 nitrogen and oxygen atoms in total. The molecule has 2 unspecified atom stereocenters. The summed E-state index contributed by atoms with van der Waals surface area (Å²) in [5.41, 5.74) is 0. The molecule has 0 aromatic carbocycles. The summed E-state index contributed by atoms with van der Waals surface area (Å²) >= 11 is 0. The fraction of sp³-hybridized carbons (Fsp3) is 0.909. The van der Waals surface area contributed by atoms with Gasteiger partial charge in [-0.2, -0.15) is 5.26 Å². The second kappa shape index (κ2) is 4.11. The molecule has 72 valence electrons. The lowest BCUT2D eigenvalue weighted by Crippen LogP contribution is -2.56. The fourth-order valence-corrected chi connectivity index (χ4v) is 2.81. The highest BCUT2D eigenvalue weighted by molar-refractivity contribution is 4.95. The van der Waals surface area contributed by atoms with Gasteiger partial charge in [0.2, 0.25) is 0 Å².